The van der Waals surface area contributed by atoms with Crippen molar-refractivity contribution in [1.82, 2.24) is 0 Å². The van der Waals surface area contributed by atoms with Crippen LogP contribution in [0.1, 0.15) is 24.8 Å². The normalized spacial score (nSPS) is 17.1. The Morgan fingerprint density at radius 3 is 2.65 bits per heavy atom. The first-order valence-electron chi connectivity index (χ1n) is 5.80. The van der Waals surface area contributed by atoms with E-state index in [0.29, 0.717) is 0 Å². The number of aryl methyl sites for hydroxylation is 1. The number of carbonyl (C=O) groups excluding carboxylic acids is 1. The Balaban J connectivity index is 2.08. The summed E-state index contributed by atoms with van der Waals surface area (Å²) in [5.41, 5.74) is 7.05. The molecule has 17 heavy (non-hydrogen) atoms. The smallest absolute Gasteiger partial charge is 0.244 e. The molecule has 0 radical (unpaired) electrons. The first-order valence-corrected chi connectivity index (χ1v) is 5.80. The number of methoxy groups -OCH3 is 1. The topological polar surface area (TPSA) is 64.3 Å². The number of ether oxygens (including phenoxy) is 1. The second-order valence-electron chi connectivity index (χ2n) is 4.65. The van der Waals surface area contributed by atoms with E-state index < -0.39 is 5.54 Å². The third-order valence-corrected chi connectivity index (χ3v) is 3.35. The van der Waals surface area contributed by atoms with Crippen molar-refractivity contribution in [3.63, 3.8) is 0 Å². The van der Waals surface area contributed by atoms with Crippen molar-refractivity contribution < 1.29 is 9.53 Å². The van der Waals surface area contributed by atoms with E-state index in [9.17, 15) is 4.79 Å². The third-order valence-electron chi connectivity index (χ3n) is 3.35. The SMILES string of the molecule is COc1ccc(NC(=O)C2(N)CCC2)cc1C. The first kappa shape index (κ1) is 11.9. The Kier molecular flexibility index (Phi) is 3.07. The number of carbonyl (C=O) groups is 1. The van der Waals surface area contributed by atoms with Crippen LogP contribution in [0.5, 0.6) is 5.75 Å². The molecule has 1 fully saturated rings. The Morgan fingerprint density at radius 2 is 2.18 bits per heavy atom. The van der Waals surface area contributed by atoms with Crippen LogP contribution in [0.15, 0.2) is 18.2 Å². The molecule has 1 amide bonds. The third kappa shape index (κ3) is 2.26. The Hall–Kier alpha value is -1.55. The summed E-state index contributed by atoms with van der Waals surface area (Å²) in [4.78, 5) is 11.9. The van der Waals surface area contributed by atoms with Crippen molar-refractivity contribution in [1.29, 1.82) is 0 Å². The number of benzene rings is 1. The van der Waals surface area contributed by atoms with Crippen molar-refractivity contribution in [3.8, 4) is 5.75 Å². The maximum Gasteiger partial charge on any atom is 0.244 e. The van der Waals surface area contributed by atoms with E-state index in [-0.39, 0.29) is 5.91 Å². The van der Waals surface area contributed by atoms with Crippen LogP contribution in [0.25, 0.3) is 0 Å². The van der Waals surface area contributed by atoms with Crippen LogP contribution in [0.4, 0.5) is 5.69 Å². The molecular weight excluding hydrogens is 216 g/mol. The van der Waals surface area contributed by atoms with Crippen molar-refractivity contribution in [2.75, 3.05) is 12.4 Å². The van der Waals surface area contributed by atoms with E-state index in [1.54, 1.807) is 7.11 Å². The molecule has 0 atom stereocenters. The highest BCUT2D eigenvalue weighted by atomic mass is 16.5. The molecule has 0 saturated heterocycles. The molecule has 4 nitrogen and oxygen atoms in total. The molecule has 0 bridgehead atoms. The van der Waals surface area contributed by atoms with Crippen molar-refractivity contribution in [3.05, 3.63) is 23.8 Å². The monoisotopic (exact) mass is 234 g/mol. The van der Waals surface area contributed by atoms with Gasteiger partial charge in [0.2, 0.25) is 5.91 Å². The van der Waals surface area contributed by atoms with Gasteiger partial charge in [0, 0.05) is 5.69 Å². The summed E-state index contributed by atoms with van der Waals surface area (Å²) in [7, 11) is 1.63. The van der Waals surface area contributed by atoms with Crippen LogP contribution in [0, 0.1) is 6.92 Å². The molecular formula is C13H18N2O2. The molecule has 1 aromatic carbocycles. The highest BCUT2D eigenvalue weighted by Gasteiger charge is 2.40. The van der Waals surface area contributed by atoms with E-state index in [2.05, 4.69) is 5.32 Å². The van der Waals surface area contributed by atoms with Gasteiger partial charge in [-0.25, -0.2) is 0 Å². The molecule has 0 aromatic heterocycles. The highest BCUT2D eigenvalue weighted by Crippen LogP contribution is 2.30. The lowest BCUT2D eigenvalue weighted by molar-refractivity contribution is -0.123. The van der Waals surface area contributed by atoms with Gasteiger partial charge in [-0.1, -0.05) is 0 Å². The second-order valence-corrected chi connectivity index (χ2v) is 4.65. The average molecular weight is 234 g/mol. The average Bonchev–Trinajstić information content (AvgIpc) is 2.26. The van der Waals surface area contributed by atoms with Gasteiger partial charge in [0.15, 0.2) is 0 Å². The zero-order chi connectivity index (χ0) is 12.5. The van der Waals surface area contributed by atoms with Crippen LogP contribution in [-0.2, 0) is 4.79 Å². The Morgan fingerprint density at radius 1 is 1.47 bits per heavy atom. The number of rotatable bonds is 3. The quantitative estimate of drug-likeness (QED) is 0.838. The van der Waals surface area contributed by atoms with E-state index in [0.717, 1.165) is 36.3 Å². The van der Waals surface area contributed by atoms with Crippen molar-refractivity contribution in [2.45, 2.75) is 31.7 Å². The highest BCUT2D eigenvalue weighted by molar-refractivity contribution is 5.98. The number of hydrogen-bond donors (Lipinski definition) is 2. The standard InChI is InChI=1S/C13H18N2O2/c1-9-8-10(4-5-11(9)17-2)15-12(16)13(14)6-3-7-13/h4-5,8H,3,6-7,14H2,1-2H3,(H,15,16). The predicted octanol–water partition coefficient (Wildman–Crippen LogP) is 1.82. The van der Waals surface area contributed by atoms with E-state index in [4.69, 9.17) is 10.5 Å². The summed E-state index contributed by atoms with van der Waals surface area (Å²) in [6, 6.07) is 5.55. The lowest BCUT2D eigenvalue weighted by Gasteiger charge is -2.36. The van der Waals surface area contributed by atoms with E-state index >= 15 is 0 Å². The summed E-state index contributed by atoms with van der Waals surface area (Å²) in [5, 5.41) is 2.86. The second kappa shape index (κ2) is 4.37. The first-order chi connectivity index (χ1) is 8.05. The summed E-state index contributed by atoms with van der Waals surface area (Å²) in [6.07, 6.45) is 2.58. The fraction of sp³-hybridized carbons (Fsp3) is 0.462. The van der Waals surface area contributed by atoms with Crippen LogP contribution in [-0.4, -0.2) is 18.6 Å². The van der Waals surface area contributed by atoms with E-state index in [1.807, 2.05) is 25.1 Å². The maximum atomic E-state index is 11.9. The zero-order valence-electron chi connectivity index (χ0n) is 10.2. The molecule has 1 aromatic rings. The van der Waals surface area contributed by atoms with Crippen LogP contribution < -0.4 is 15.8 Å². The van der Waals surface area contributed by atoms with Gasteiger partial charge in [-0.15, -0.1) is 0 Å². The van der Waals surface area contributed by atoms with Gasteiger partial charge in [-0.2, -0.15) is 0 Å². The molecule has 0 aliphatic heterocycles. The van der Waals surface area contributed by atoms with Crippen LogP contribution in [0.2, 0.25) is 0 Å². The Bertz CT molecular complexity index is 439. The van der Waals surface area contributed by atoms with Crippen LogP contribution >= 0.6 is 0 Å². The van der Waals surface area contributed by atoms with Gasteiger partial charge in [-0.3, -0.25) is 4.79 Å². The number of nitrogens with one attached hydrogen (secondary N) is 1. The number of nitrogens with two attached hydrogens (primary N) is 1. The van der Waals surface area contributed by atoms with Gasteiger partial charge in [0.05, 0.1) is 12.6 Å². The van der Waals surface area contributed by atoms with Crippen molar-refractivity contribution in [2.24, 2.45) is 5.73 Å². The number of anilines is 1. The fourth-order valence-electron chi connectivity index (χ4n) is 2.00. The van der Waals surface area contributed by atoms with Crippen molar-refractivity contribution >= 4 is 11.6 Å². The molecule has 4 heteroatoms. The van der Waals surface area contributed by atoms with Crippen LogP contribution in [0.3, 0.4) is 0 Å². The molecule has 1 saturated carbocycles. The molecule has 2 rings (SSSR count). The predicted molar refractivity (Wildman–Crippen MR) is 67.1 cm³/mol. The van der Waals surface area contributed by atoms with Gasteiger partial charge >= 0.3 is 0 Å². The van der Waals surface area contributed by atoms with E-state index in [1.165, 1.54) is 0 Å². The molecule has 1 aliphatic carbocycles. The molecule has 1 aliphatic rings. The summed E-state index contributed by atoms with van der Waals surface area (Å²) < 4.78 is 5.17. The maximum absolute atomic E-state index is 11.9. The van der Waals surface area contributed by atoms with Gasteiger partial charge < -0.3 is 15.8 Å². The minimum Gasteiger partial charge on any atom is -0.496 e. The van der Waals surface area contributed by atoms with Gasteiger partial charge in [0.25, 0.3) is 0 Å². The minimum absolute atomic E-state index is 0.0895. The summed E-state index contributed by atoms with van der Waals surface area (Å²) in [6.45, 7) is 1.94. The molecule has 92 valence electrons. The lowest BCUT2D eigenvalue weighted by Crippen LogP contribution is -2.56. The summed E-state index contributed by atoms with van der Waals surface area (Å²) >= 11 is 0. The minimum atomic E-state index is -0.659. The number of amides is 1. The van der Waals surface area contributed by atoms with Gasteiger partial charge in [0.1, 0.15) is 5.75 Å². The molecule has 0 unspecified atom stereocenters. The zero-order valence-corrected chi connectivity index (χ0v) is 10.2. The Labute approximate surface area is 101 Å². The van der Waals surface area contributed by atoms with Gasteiger partial charge in [-0.05, 0) is 49.9 Å². The summed E-state index contributed by atoms with van der Waals surface area (Å²) in [5.74, 6) is 0.724. The fourth-order valence-corrected chi connectivity index (χ4v) is 2.00. The number of hydrogen-bond acceptors (Lipinski definition) is 3. The molecule has 3 N–H and O–H groups in total. The molecule has 0 spiro atoms. The lowest BCUT2D eigenvalue weighted by atomic mass is 9.77. The molecule has 0 heterocycles. The largest absolute Gasteiger partial charge is 0.496 e.